The van der Waals surface area contributed by atoms with Gasteiger partial charge >= 0.3 is 6.03 Å². The lowest BCUT2D eigenvalue weighted by Gasteiger charge is -2.52. The minimum absolute atomic E-state index is 0.0459. The first-order valence-electron chi connectivity index (χ1n) is 12.2. The van der Waals surface area contributed by atoms with Gasteiger partial charge < -0.3 is 9.64 Å². The minimum atomic E-state index is -1.64. The van der Waals surface area contributed by atoms with E-state index in [4.69, 9.17) is 4.74 Å². The van der Waals surface area contributed by atoms with Gasteiger partial charge in [-0.05, 0) is 36.6 Å². The van der Waals surface area contributed by atoms with Gasteiger partial charge in [0.1, 0.15) is 5.75 Å². The number of urea groups is 1. The molecule has 2 aliphatic rings. The van der Waals surface area contributed by atoms with E-state index in [-0.39, 0.29) is 17.8 Å². The second kappa shape index (κ2) is 9.96. The van der Waals surface area contributed by atoms with Crippen molar-refractivity contribution in [2.24, 2.45) is 5.41 Å². The largest absolute Gasteiger partial charge is 0.497 e. The van der Waals surface area contributed by atoms with E-state index in [2.05, 4.69) is 5.32 Å². The molecule has 2 heterocycles. The summed E-state index contributed by atoms with van der Waals surface area (Å²) < 4.78 is 5.27. The maximum Gasteiger partial charge on any atom is 0.335 e. The Kier molecular flexibility index (Phi) is 6.96. The fourth-order valence-corrected chi connectivity index (χ4v) is 5.33. The summed E-state index contributed by atoms with van der Waals surface area (Å²) in [7, 11) is 1.48. The predicted molar refractivity (Wildman–Crippen MR) is 134 cm³/mol. The van der Waals surface area contributed by atoms with Crippen molar-refractivity contribution in [3.8, 4) is 5.75 Å². The zero-order chi connectivity index (χ0) is 26.0. The van der Waals surface area contributed by atoms with Crippen LogP contribution < -0.4 is 19.9 Å². The number of hydrogen-bond donors (Lipinski definition) is 1. The maximum atomic E-state index is 14.3. The summed E-state index contributed by atoms with van der Waals surface area (Å²) in [4.78, 5) is 55.0. The van der Waals surface area contributed by atoms with Gasteiger partial charge in [0.05, 0.1) is 23.8 Å². The van der Waals surface area contributed by atoms with Crippen LogP contribution in [0.15, 0.2) is 42.5 Å². The number of nitrogens with one attached hydrogen (secondary N) is 1. The molecule has 1 N–H and O–H groups in total. The standard InChI is InChI=1S/C26H30N4O6/c1-4-6-13-28-21-12-11-19(30(34)35)14-17(21)16-26(22(28)8-5-2)23(31)27-25(33)29(24(26)32)18-9-7-10-20(15-18)36-3/h7,9-12,14-15,22H,4-6,8,13,16H2,1-3H3,(H,27,31,33)/t22-,26-/m0/s1. The molecule has 190 valence electrons. The summed E-state index contributed by atoms with van der Waals surface area (Å²) >= 11 is 0. The zero-order valence-electron chi connectivity index (χ0n) is 20.7. The fourth-order valence-electron chi connectivity index (χ4n) is 5.33. The smallest absolute Gasteiger partial charge is 0.335 e. The van der Waals surface area contributed by atoms with Crippen LogP contribution in [0.25, 0.3) is 0 Å². The average Bonchev–Trinajstić information content (AvgIpc) is 2.86. The summed E-state index contributed by atoms with van der Waals surface area (Å²) in [5, 5.41) is 13.9. The van der Waals surface area contributed by atoms with Gasteiger partial charge in [0.2, 0.25) is 5.91 Å². The number of unbranched alkanes of at least 4 members (excludes halogenated alkanes) is 1. The number of ether oxygens (including phenoxy) is 1. The number of imide groups is 2. The number of carbonyl (C=O) groups is 3. The van der Waals surface area contributed by atoms with Crippen molar-refractivity contribution in [2.45, 2.75) is 52.0 Å². The topological polar surface area (TPSA) is 122 Å². The van der Waals surface area contributed by atoms with Crippen LogP contribution in [-0.4, -0.2) is 42.5 Å². The van der Waals surface area contributed by atoms with Crippen molar-refractivity contribution in [3.63, 3.8) is 0 Å². The Morgan fingerprint density at radius 1 is 1.14 bits per heavy atom. The van der Waals surface area contributed by atoms with Crippen molar-refractivity contribution < 1.29 is 24.0 Å². The Morgan fingerprint density at radius 2 is 1.92 bits per heavy atom. The number of barbiturate groups is 1. The van der Waals surface area contributed by atoms with E-state index in [1.807, 2.05) is 18.7 Å². The number of hydrogen-bond acceptors (Lipinski definition) is 7. The number of rotatable bonds is 8. The molecule has 0 saturated carbocycles. The average molecular weight is 495 g/mol. The van der Waals surface area contributed by atoms with E-state index in [1.54, 1.807) is 30.3 Å². The van der Waals surface area contributed by atoms with Gasteiger partial charge in [-0.15, -0.1) is 0 Å². The predicted octanol–water partition coefficient (Wildman–Crippen LogP) is 4.20. The molecule has 10 heteroatoms. The summed E-state index contributed by atoms with van der Waals surface area (Å²) in [5.41, 5.74) is -0.149. The molecular weight excluding hydrogens is 464 g/mol. The molecule has 1 saturated heterocycles. The molecule has 4 amide bonds. The molecule has 10 nitrogen and oxygen atoms in total. The van der Waals surface area contributed by atoms with Gasteiger partial charge in [0.15, 0.2) is 5.41 Å². The Labute approximate surface area is 209 Å². The molecule has 2 aromatic carbocycles. The van der Waals surface area contributed by atoms with Gasteiger partial charge in [0, 0.05) is 36.9 Å². The lowest BCUT2D eigenvalue weighted by atomic mass is 9.67. The minimum Gasteiger partial charge on any atom is -0.497 e. The van der Waals surface area contributed by atoms with Crippen molar-refractivity contribution in [1.29, 1.82) is 0 Å². The first-order chi connectivity index (χ1) is 17.3. The van der Waals surface area contributed by atoms with Gasteiger partial charge in [-0.2, -0.15) is 0 Å². The number of anilines is 2. The normalized spacial score (nSPS) is 21.4. The van der Waals surface area contributed by atoms with E-state index in [9.17, 15) is 24.5 Å². The molecule has 2 atom stereocenters. The fraction of sp³-hybridized carbons (Fsp3) is 0.423. The van der Waals surface area contributed by atoms with Gasteiger partial charge in [0.25, 0.3) is 11.6 Å². The maximum absolute atomic E-state index is 14.3. The zero-order valence-corrected chi connectivity index (χ0v) is 20.7. The van der Waals surface area contributed by atoms with Crippen LogP contribution in [0.4, 0.5) is 21.9 Å². The van der Waals surface area contributed by atoms with Crippen LogP contribution >= 0.6 is 0 Å². The highest BCUT2D eigenvalue weighted by Crippen LogP contribution is 2.47. The van der Waals surface area contributed by atoms with E-state index < -0.39 is 34.2 Å². The van der Waals surface area contributed by atoms with Gasteiger partial charge in [-0.1, -0.05) is 32.8 Å². The van der Waals surface area contributed by atoms with Crippen LogP contribution in [0.5, 0.6) is 5.75 Å². The quantitative estimate of drug-likeness (QED) is 0.331. The highest BCUT2D eigenvalue weighted by Gasteiger charge is 2.62. The third-order valence-corrected chi connectivity index (χ3v) is 7.04. The summed E-state index contributed by atoms with van der Waals surface area (Å²) in [6, 6.07) is 9.75. The molecule has 36 heavy (non-hydrogen) atoms. The lowest BCUT2D eigenvalue weighted by Crippen LogP contribution is -2.72. The number of nitrogens with zero attached hydrogens (tertiary/aromatic N) is 3. The van der Waals surface area contributed by atoms with Gasteiger partial charge in [-0.3, -0.25) is 25.0 Å². The third kappa shape index (κ3) is 4.06. The molecule has 2 aliphatic heterocycles. The Morgan fingerprint density at radius 3 is 2.58 bits per heavy atom. The number of non-ortho nitro benzene ring substituents is 1. The van der Waals surface area contributed by atoms with E-state index in [0.717, 1.165) is 23.4 Å². The van der Waals surface area contributed by atoms with E-state index in [0.29, 0.717) is 30.7 Å². The first kappa shape index (κ1) is 25.2. The number of nitro benzene ring substituents is 1. The van der Waals surface area contributed by atoms with E-state index in [1.165, 1.54) is 19.2 Å². The summed E-state index contributed by atoms with van der Waals surface area (Å²) in [6.07, 6.45) is 2.88. The van der Waals surface area contributed by atoms with Gasteiger partial charge in [-0.25, -0.2) is 9.69 Å². The molecule has 0 aromatic heterocycles. The second-order valence-corrected chi connectivity index (χ2v) is 9.17. The third-order valence-electron chi connectivity index (χ3n) is 7.04. The Hall–Kier alpha value is -3.95. The molecule has 0 radical (unpaired) electrons. The van der Waals surface area contributed by atoms with Crippen molar-refractivity contribution in [3.05, 3.63) is 58.1 Å². The number of carbonyl (C=O) groups excluding carboxylic acids is 3. The first-order valence-corrected chi connectivity index (χ1v) is 12.2. The number of nitro groups is 1. The molecule has 1 fully saturated rings. The molecule has 0 unspecified atom stereocenters. The van der Waals surface area contributed by atoms with E-state index >= 15 is 0 Å². The Balaban J connectivity index is 1.91. The SMILES string of the molecule is CCCCN1c2ccc([N+](=O)[O-])cc2C[C@@]2(C(=O)NC(=O)N(c3cccc(OC)c3)C2=O)[C@@H]1CCC. The van der Waals surface area contributed by atoms with Crippen LogP contribution in [0.2, 0.25) is 0 Å². The van der Waals surface area contributed by atoms with Crippen LogP contribution in [0.1, 0.15) is 45.1 Å². The second-order valence-electron chi connectivity index (χ2n) is 9.17. The number of methoxy groups -OCH3 is 1. The summed E-state index contributed by atoms with van der Waals surface area (Å²) in [6.45, 7) is 4.60. The molecule has 0 aliphatic carbocycles. The van der Waals surface area contributed by atoms with Crippen LogP contribution in [0.3, 0.4) is 0 Å². The number of benzene rings is 2. The highest BCUT2D eigenvalue weighted by molar-refractivity contribution is 6.30. The molecular formula is C26H30N4O6. The number of fused-ring (bicyclic) bond motifs is 1. The monoisotopic (exact) mass is 494 g/mol. The van der Waals surface area contributed by atoms with Crippen molar-refractivity contribution >= 4 is 34.9 Å². The Bertz CT molecular complexity index is 1210. The molecule has 0 bridgehead atoms. The highest BCUT2D eigenvalue weighted by atomic mass is 16.6. The lowest BCUT2D eigenvalue weighted by molar-refractivity contribution is -0.384. The van der Waals surface area contributed by atoms with Crippen LogP contribution in [-0.2, 0) is 16.0 Å². The van der Waals surface area contributed by atoms with Crippen LogP contribution in [0, 0.1) is 15.5 Å². The summed E-state index contributed by atoms with van der Waals surface area (Å²) in [5.74, 6) is -0.853. The molecule has 2 aromatic rings. The van der Waals surface area contributed by atoms with Crippen molar-refractivity contribution in [2.75, 3.05) is 23.5 Å². The number of amides is 4. The van der Waals surface area contributed by atoms with Crippen molar-refractivity contribution in [1.82, 2.24) is 5.32 Å². The molecule has 4 rings (SSSR count). The molecule has 1 spiro atoms.